The molecule has 5 aliphatic heterocycles. The van der Waals surface area contributed by atoms with Gasteiger partial charge in [-0.15, -0.1) is 0 Å². The van der Waals surface area contributed by atoms with Gasteiger partial charge in [-0.25, -0.2) is 18.6 Å². The lowest BCUT2D eigenvalue weighted by Crippen LogP contribution is -2.63. The summed E-state index contributed by atoms with van der Waals surface area (Å²) in [4.78, 5) is 34.8. The number of carbonyl (C=O) groups excluding carboxylic acids is 1. The Balaban J connectivity index is 1.17. The lowest BCUT2D eigenvalue weighted by atomic mass is 9.95. The Morgan fingerprint density at radius 1 is 1.06 bits per heavy atom. The quantitative estimate of drug-likeness (QED) is 0.201. The van der Waals surface area contributed by atoms with Crippen LogP contribution in [0.4, 0.5) is 19.4 Å². The van der Waals surface area contributed by atoms with E-state index in [1.54, 1.807) is 24.3 Å². The van der Waals surface area contributed by atoms with Gasteiger partial charge in [0.2, 0.25) is 5.88 Å². The van der Waals surface area contributed by atoms with Crippen LogP contribution in [0.2, 0.25) is 0 Å². The van der Waals surface area contributed by atoms with Gasteiger partial charge in [-0.05, 0) is 82.7 Å². The minimum Gasteiger partial charge on any atom is -0.475 e. The van der Waals surface area contributed by atoms with Crippen LogP contribution in [0.25, 0.3) is 32.9 Å². The van der Waals surface area contributed by atoms with E-state index in [0.29, 0.717) is 69.9 Å². The van der Waals surface area contributed by atoms with Crippen LogP contribution in [0.15, 0.2) is 36.4 Å². The molecular formula is C39H44F2N6O6. The molecule has 5 atom stereocenters. The summed E-state index contributed by atoms with van der Waals surface area (Å²) in [5.41, 5.74) is 0.392. The van der Waals surface area contributed by atoms with Gasteiger partial charge >= 0.3 is 12.1 Å². The number of carbonyl (C=O) groups is 1. The molecule has 0 N–H and O–H groups in total. The lowest BCUT2D eigenvalue weighted by Gasteiger charge is -2.46. The Morgan fingerprint density at radius 2 is 1.92 bits per heavy atom. The topological polar surface area (TPSA) is 112 Å². The highest BCUT2D eigenvalue weighted by Crippen LogP contribution is 2.46. The average molecular weight is 731 g/mol. The molecule has 2 bridgehead atoms. The van der Waals surface area contributed by atoms with E-state index in [-0.39, 0.29) is 50.2 Å². The molecule has 4 aromatic rings. The number of alkyl halides is 1. The molecule has 0 unspecified atom stereocenters. The van der Waals surface area contributed by atoms with Gasteiger partial charge in [-0.3, -0.25) is 9.80 Å². The zero-order chi connectivity index (χ0) is 36.6. The van der Waals surface area contributed by atoms with Crippen LogP contribution in [-0.2, 0) is 9.47 Å². The first-order chi connectivity index (χ1) is 25.5. The number of rotatable bonds is 7. The average Bonchev–Trinajstić information content (AvgIpc) is 3.72. The fraction of sp³-hybridized carbons (Fsp3) is 0.538. The summed E-state index contributed by atoms with van der Waals surface area (Å²) >= 11 is 0. The molecule has 14 heteroatoms. The normalized spacial score (nSPS) is 26.4. The van der Waals surface area contributed by atoms with Crippen molar-refractivity contribution < 1.29 is 37.3 Å². The zero-order valence-electron chi connectivity index (χ0n) is 30.4. The summed E-state index contributed by atoms with van der Waals surface area (Å²) in [6.45, 7) is 7.86. The van der Waals surface area contributed by atoms with E-state index in [2.05, 4.69) is 9.80 Å². The molecule has 53 heavy (non-hydrogen) atoms. The number of hydrogen-bond donors (Lipinski definition) is 0. The molecule has 12 nitrogen and oxygen atoms in total. The van der Waals surface area contributed by atoms with E-state index in [4.69, 9.17) is 38.6 Å². The maximum absolute atomic E-state index is 15.6. The molecule has 2 aromatic carbocycles. The number of aromatic nitrogens is 3. The van der Waals surface area contributed by atoms with E-state index < -0.39 is 23.1 Å². The van der Waals surface area contributed by atoms with E-state index in [1.807, 2.05) is 31.7 Å². The second-order valence-electron chi connectivity index (χ2n) is 16.0. The van der Waals surface area contributed by atoms with E-state index >= 15 is 4.39 Å². The van der Waals surface area contributed by atoms with Crippen molar-refractivity contribution in [2.24, 2.45) is 0 Å². The van der Waals surface area contributed by atoms with Gasteiger partial charge in [0.25, 0.3) is 0 Å². The number of benzene rings is 2. The summed E-state index contributed by atoms with van der Waals surface area (Å²) in [7, 11) is 1.53. The minimum atomic E-state index is -0.897. The van der Waals surface area contributed by atoms with Crippen molar-refractivity contribution in [3.63, 3.8) is 0 Å². The Bertz CT molecular complexity index is 2100. The number of piperazine rings is 1. The molecule has 1 amide bonds. The molecule has 0 aliphatic carbocycles. The summed E-state index contributed by atoms with van der Waals surface area (Å²) in [5.74, 6) is 0.985. The number of amides is 1. The van der Waals surface area contributed by atoms with Crippen LogP contribution in [-0.4, -0.2) is 113 Å². The van der Waals surface area contributed by atoms with Gasteiger partial charge in [0.1, 0.15) is 47.8 Å². The Hall–Kier alpha value is -4.56. The third kappa shape index (κ3) is 5.94. The molecule has 7 heterocycles. The number of methoxy groups -OCH3 is 1. The predicted octanol–water partition coefficient (Wildman–Crippen LogP) is 6.27. The molecule has 4 fully saturated rings. The zero-order valence-corrected chi connectivity index (χ0v) is 30.4. The largest absolute Gasteiger partial charge is 0.475 e. The molecule has 2 aromatic heterocycles. The van der Waals surface area contributed by atoms with Crippen LogP contribution < -0.4 is 19.1 Å². The van der Waals surface area contributed by atoms with Gasteiger partial charge in [-0.2, -0.15) is 9.97 Å². The third-order valence-electron chi connectivity index (χ3n) is 11.4. The minimum absolute atomic E-state index is 0.0127. The summed E-state index contributed by atoms with van der Waals surface area (Å²) in [6.07, 6.45) is 2.61. The molecule has 0 spiro atoms. The first-order valence-electron chi connectivity index (χ1n) is 18.5. The van der Waals surface area contributed by atoms with Gasteiger partial charge in [-0.1, -0.05) is 12.1 Å². The molecular weight excluding hydrogens is 686 g/mol. The van der Waals surface area contributed by atoms with Crippen molar-refractivity contribution in [1.29, 1.82) is 0 Å². The molecule has 280 valence electrons. The smallest absolute Gasteiger partial charge is 0.410 e. The van der Waals surface area contributed by atoms with Gasteiger partial charge in [0.05, 0.1) is 34.9 Å². The van der Waals surface area contributed by atoms with Gasteiger partial charge < -0.3 is 28.6 Å². The van der Waals surface area contributed by atoms with Gasteiger partial charge in [0, 0.05) is 37.6 Å². The molecule has 5 aliphatic rings. The molecule has 9 rings (SSSR count). The fourth-order valence-electron chi connectivity index (χ4n) is 9.26. The van der Waals surface area contributed by atoms with Crippen molar-refractivity contribution in [2.45, 2.75) is 88.3 Å². The second kappa shape index (κ2) is 12.8. The Labute approximate surface area is 306 Å². The highest BCUT2D eigenvalue weighted by molar-refractivity contribution is 6.01. The number of anilines is 1. The SMILES string of the molecule is COCOc1cc(-c2cc3nc(OC[C@]45CCCN4C[C@H](F)C5)nc4c3c(n2)OC[C@@H]2[C@@H]3CC[C@H](CN42)N3C(=O)OC(C)(C)C)c2c(F)cccc2c1. The van der Waals surface area contributed by atoms with Crippen LogP contribution in [0.1, 0.15) is 52.9 Å². The molecule has 4 saturated heterocycles. The van der Waals surface area contributed by atoms with Crippen LogP contribution in [0, 0.1) is 5.82 Å². The number of nitrogens with zero attached hydrogens (tertiary/aromatic N) is 6. The summed E-state index contributed by atoms with van der Waals surface area (Å²) in [6, 6.07) is 9.82. The summed E-state index contributed by atoms with van der Waals surface area (Å²) in [5, 5.41) is 1.62. The van der Waals surface area contributed by atoms with Crippen LogP contribution in [0.5, 0.6) is 17.6 Å². The van der Waals surface area contributed by atoms with Crippen LogP contribution in [0.3, 0.4) is 0 Å². The highest BCUT2D eigenvalue weighted by Gasteiger charge is 2.52. The molecule has 0 radical (unpaired) electrons. The maximum atomic E-state index is 15.6. The van der Waals surface area contributed by atoms with Crippen molar-refractivity contribution in [3.05, 3.63) is 42.2 Å². The first-order valence-corrected chi connectivity index (χ1v) is 18.5. The van der Waals surface area contributed by atoms with E-state index in [0.717, 1.165) is 32.2 Å². The predicted molar refractivity (Wildman–Crippen MR) is 193 cm³/mol. The number of ether oxygens (including phenoxy) is 5. The number of halogens is 2. The molecule has 0 saturated carbocycles. The van der Waals surface area contributed by atoms with Crippen LogP contribution >= 0.6 is 0 Å². The van der Waals surface area contributed by atoms with Crippen molar-refractivity contribution in [1.82, 2.24) is 24.8 Å². The van der Waals surface area contributed by atoms with E-state index in [9.17, 15) is 9.18 Å². The highest BCUT2D eigenvalue weighted by atomic mass is 19.1. The first kappa shape index (κ1) is 34.2. The van der Waals surface area contributed by atoms with Crippen molar-refractivity contribution in [2.75, 3.05) is 51.7 Å². The second-order valence-corrected chi connectivity index (χ2v) is 16.0. The standard InChI is InChI=1S/C39H44F2N6O6/c1-38(2,3)53-37(48)47-24-9-10-30(47)31-19-50-35-33-29(15-28(42-35)26-14-25(52-21-49-4)13-22-7-5-8-27(41)32(22)26)43-36(44-34(33)46(31)18-24)51-20-39-11-6-12-45(39)17-23(40)16-39/h5,7-8,13-15,23-24,30-31H,6,9-12,16-21H2,1-4H3/t23-,24-,30+,31-,39-/m1/s1. The third-order valence-corrected chi connectivity index (χ3v) is 11.4. The van der Waals surface area contributed by atoms with Crippen molar-refractivity contribution in [3.8, 4) is 28.9 Å². The number of pyridine rings is 1. The van der Waals surface area contributed by atoms with Gasteiger partial charge in [0.15, 0.2) is 6.79 Å². The number of fused-ring (bicyclic) bond motifs is 7. The Kier molecular flexibility index (Phi) is 8.26. The summed E-state index contributed by atoms with van der Waals surface area (Å²) < 4.78 is 60.2. The van der Waals surface area contributed by atoms with E-state index in [1.165, 1.54) is 13.2 Å². The lowest BCUT2D eigenvalue weighted by molar-refractivity contribution is 0.00537. The fourth-order valence-corrected chi connectivity index (χ4v) is 9.26. The maximum Gasteiger partial charge on any atom is 0.410 e. The number of hydrogen-bond acceptors (Lipinski definition) is 11. The monoisotopic (exact) mass is 730 g/mol. The van der Waals surface area contributed by atoms with Crippen molar-refractivity contribution >= 4 is 33.6 Å². The Morgan fingerprint density at radius 3 is 2.75 bits per heavy atom.